The quantitative estimate of drug-likeness (QED) is 0.640. The lowest BCUT2D eigenvalue weighted by atomic mass is 9.97. The zero-order valence-corrected chi connectivity index (χ0v) is 11.4. The normalized spacial score (nSPS) is 13.4. The van der Waals surface area contributed by atoms with E-state index in [1.165, 1.54) is 0 Å². The zero-order valence-electron chi connectivity index (χ0n) is 11.4. The van der Waals surface area contributed by atoms with Crippen LogP contribution in [0.4, 0.5) is 5.69 Å². The Hall–Kier alpha value is -2.36. The Morgan fingerprint density at radius 2 is 1.60 bits per heavy atom. The van der Waals surface area contributed by atoms with Gasteiger partial charge in [-0.05, 0) is 17.7 Å². The molecule has 20 heavy (non-hydrogen) atoms. The highest BCUT2D eigenvalue weighted by atomic mass is 16.6. The van der Waals surface area contributed by atoms with Gasteiger partial charge in [-0.3, -0.25) is 10.1 Å². The van der Waals surface area contributed by atoms with E-state index in [0.29, 0.717) is 6.42 Å². The second-order valence-corrected chi connectivity index (χ2v) is 4.66. The van der Waals surface area contributed by atoms with Crippen molar-refractivity contribution in [2.45, 2.75) is 25.4 Å². The van der Waals surface area contributed by atoms with E-state index in [-0.39, 0.29) is 11.0 Å². The summed E-state index contributed by atoms with van der Waals surface area (Å²) < 4.78 is 0. The molecule has 0 fully saturated rings. The smallest absolute Gasteiger partial charge is 0.236 e. The summed E-state index contributed by atoms with van der Waals surface area (Å²) in [7, 11) is 0. The lowest BCUT2D eigenvalue weighted by Crippen LogP contribution is -2.32. The van der Waals surface area contributed by atoms with Gasteiger partial charge in [0.05, 0.1) is 0 Å². The fraction of sp³-hybridized carbons (Fsp3) is 0.250. The SMILES string of the molecule is CC[C@H]([C@H](Nc1ccccc1)c1ccccc1)[N+](=O)[O-]. The predicted octanol–water partition coefficient (Wildman–Crippen LogP) is 3.90. The lowest BCUT2D eigenvalue weighted by molar-refractivity contribution is -0.526. The summed E-state index contributed by atoms with van der Waals surface area (Å²) in [6.45, 7) is 1.84. The molecule has 2 aromatic carbocycles. The zero-order chi connectivity index (χ0) is 14.4. The predicted molar refractivity (Wildman–Crippen MR) is 80.3 cm³/mol. The Balaban J connectivity index is 2.31. The molecular formula is C16H18N2O2. The van der Waals surface area contributed by atoms with Crippen molar-refractivity contribution in [2.24, 2.45) is 0 Å². The molecule has 0 aliphatic carbocycles. The fourth-order valence-electron chi connectivity index (χ4n) is 2.28. The van der Waals surface area contributed by atoms with Crippen LogP contribution in [0.3, 0.4) is 0 Å². The highest BCUT2D eigenvalue weighted by Gasteiger charge is 2.30. The number of nitro groups is 1. The van der Waals surface area contributed by atoms with Gasteiger partial charge in [0, 0.05) is 17.0 Å². The summed E-state index contributed by atoms with van der Waals surface area (Å²) >= 11 is 0. The summed E-state index contributed by atoms with van der Waals surface area (Å²) in [5.41, 5.74) is 1.82. The van der Waals surface area contributed by atoms with Crippen molar-refractivity contribution in [3.8, 4) is 0 Å². The number of para-hydroxylation sites is 1. The molecule has 0 heterocycles. The van der Waals surface area contributed by atoms with Crippen LogP contribution >= 0.6 is 0 Å². The van der Waals surface area contributed by atoms with Crippen molar-refractivity contribution in [3.05, 3.63) is 76.3 Å². The molecule has 0 aromatic heterocycles. The number of nitrogens with zero attached hydrogens (tertiary/aromatic N) is 1. The van der Waals surface area contributed by atoms with Gasteiger partial charge in [-0.15, -0.1) is 0 Å². The standard InChI is InChI=1S/C16H18N2O2/c1-2-15(18(19)20)16(13-9-5-3-6-10-13)17-14-11-7-4-8-12-14/h3-12,15-17H,2H2,1H3/t15-,16-/m1/s1. The van der Waals surface area contributed by atoms with Gasteiger partial charge in [0.15, 0.2) is 0 Å². The van der Waals surface area contributed by atoms with E-state index >= 15 is 0 Å². The molecule has 0 saturated carbocycles. The van der Waals surface area contributed by atoms with E-state index in [2.05, 4.69) is 5.32 Å². The van der Waals surface area contributed by atoms with Crippen LogP contribution in [0.2, 0.25) is 0 Å². The lowest BCUT2D eigenvalue weighted by Gasteiger charge is -2.23. The number of rotatable bonds is 6. The third kappa shape index (κ3) is 3.35. The molecule has 0 spiro atoms. The molecule has 0 aliphatic rings. The molecular weight excluding hydrogens is 252 g/mol. The Morgan fingerprint density at radius 3 is 2.10 bits per heavy atom. The van der Waals surface area contributed by atoms with Crippen LogP contribution in [0.15, 0.2) is 60.7 Å². The van der Waals surface area contributed by atoms with E-state index in [1.807, 2.05) is 67.6 Å². The molecule has 0 radical (unpaired) electrons. The third-order valence-electron chi connectivity index (χ3n) is 3.33. The number of benzene rings is 2. The second kappa shape index (κ2) is 6.70. The number of anilines is 1. The first kappa shape index (κ1) is 14.1. The maximum Gasteiger partial charge on any atom is 0.236 e. The van der Waals surface area contributed by atoms with Crippen LogP contribution in [-0.4, -0.2) is 11.0 Å². The fourth-order valence-corrected chi connectivity index (χ4v) is 2.28. The van der Waals surface area contributed by atoms with Gasteiger partial charge in [0.1, 0.15) is 6.04 Å². The first-order chi connectivity index (χ1) is 9.72. The molecule has 2 aromatic rings. The van der Waals surface area contributed by atoms with Gasteiger partial charge in [0.25, 0.3) is 0 Å². The van der Waals surface area contributed by atoms with Crippen molar-refractivity contribution in [3.63, 3.8) is 0 Å². The molecule has 0 unspecified atom stereocenters. The van der Waals surface area contributed by atoms with Crippen LogP contribution in [0.25, 0.3) is 0 Å². The van der Waals surface area contributed by atoms with Crippen molar-refractivity contribution in [1.82, 2.24) is 0 Å². The Bertz CT molecular complexity index is 543. The van der Waals surface area contributed by atoms with E-state index in [1.54, 1.807) is 0 Å². The van der Waals surface area contributed by atoms with Crippen molar-refractivity contribution in [1.29, 1.82) is 0 Å². The Morgan fingerprint density at radius 1 is 1.05 bits per heavy atom. The van der Waals surface area contributed by atoms with E-state index in [0.717, 1.165) is 11.3 Å². The first-order valence-corrected chi connectivity index (χ1v) is 6.72. The summed E-state index contributed by atoms with van der Waals surface area (Å²) in [5, 5.41) is 14.6. The first-order valence-electron chi connectivity index (χ1n) is 6.72. The summed E-state index contributed by atoms with van der Waals surface area (Å²) in [6.07, 6.45) is 0.479. The van der Waals surface area contributed by atoms with Crippen molar-refractivity contribution >= 4 is 5.69 Å². The van der Waals surface area contributed by atoms with Gasteiger partial charge in [-0.1, -0.05) is 55.5 Å². The van der Waals surface area contributed by atoms with Gasteiger partial charge in [-0.2, -0.15) is 0 Å². The van der Waals surface area contributed by atoms with E-state index in [9.17, 15) is 10.1 Å². The molecule has 0 bridgehead atoms. The minimum atomic E-state index is -0.655. The second-order valence-electron chi connectivity index (χ2n) is 4.66. The molecule has 4 heteroatoms. The van der Waals surface area contributed by atoms with Crippen LogP contribution in [-0.2, 0) is 0 Å². The van der Waals surface area contributed by atoms with E-state index < -0.39 is 6.04 Å². The molecule has 2 rings (SSSR count). The number of hydrogen-bond donors (Lipinski definition) is 1. The van der Waals surface area contributed by atoms with Gasteiger partial charge >= 0.3 is 0 Å². The van der Waals surface area contributed by atoms with Crippen molar-refractivity contribution in [2.75, 3.05) is 5.32 Å². The molecule has 1 N–H and O–H groups in total. The van der Waals surface area contributed by atoms with Crippen LogP contribution < -0.4 is 5.32 Å². The van der Waals surface area contributed by atoms with Crippen LogP contribution in [0.1, 0.15) is 24.9 Å². The summed E-state index contributed by atoms with van der Waals surface area (Å²) in [6, 6.07) is 18.2. The van der Waals surface area contributed by atoms with Crippen LogP contribution in [0.5, 0.6) is 0 Å². The maximum absolute atomic E-state index is 11.3. The van der Waals surface area contributed by atoms with Crippen molar-refractivity contribution < 1.29 is 4.92 Å². The minimum Gasteiger partial charge on any atom is -0.372 e. The number of hydrogen-bond acceptors (Lipinski definition) is 3. The summed E-state index contributed by atoms with van der Waals surface area (Å²) in [4.78, 5) is 11.1. The molecule has 0 saturated heterocycles. The highest BCUT2D eigenvalue weighted by molar-refractivity contribution is 5.45. The summed E-state index contributed by atoms with van der Waals surface area (Å²) in [5.74, 6) is 0. The maximum atomic E-state index is 11.3. The molecule has 2 atom stereocenters. The third-order valence-corrected chi connectivity index (χ3v) is 3.33. The Labute approximate surface area is 118 Å². The monoisotopic (exact) mass is 270 g/mol. The van der Waals surface area contributed by atoms with Gasteiger partial charge in [-0.25, -0.2) is 0 Å². The Kier molecular flexibility index (Phi) is 4.71. The largest absolute Gasteiger partial charge is 0.372 e. The van der Waals surface area contributed by atoms with Gasteiger partial charge < -0.3 is 5.32 Å². The average molecular weight is 270 g/mol. The molecule has 4 nitrogen and oxygen atoms in total. The topological polar surface area (TPSA) is 55.2 Å². The highest BCUT2D eigenvalue weighted by Crippen LogP contribution is 2.25. The van der Waals surface area contributed by atoms with Crippen LogP contribution in [0, 0.1) is 10.1 Å². The molecule has 0 amide bonds. The molecule has 104 valence electrons. The molecule has 0 aliphatic heterocycles. The van der Waals surface area contributed by atoms with E-state index in [4.69, 9.17) is 0 Å². The number of nitrogens with one attached hydrogen (secondary N) is 1. The van der Waals surface area contributed by atoms with Gasteiger partial charge in [0.2, 0.25) is 6.04 Å². The average Bonchev–Trinajstić information content (AvgIpc) is 2.48. The minimum absolute atomic E-state index is 0.201.